The summed E-state index contributed by atoms with van der Waals surface area (Å²) in [4.78, 5) is 14.8. The van der Waals surface area contributed by atoms with Crippen molar-refractivity contribution in [3.05, 3.63) is 22.5 Å². The third-order valence-corrected chi connectivity index (χ3v) is 3.77. The minimum atomic E-state index is -0.735. The van der Waals surface area contributed by atoms with Crippen LogP contribution in [0, 0.1) is 0 Å². The summed E-state index contributed by atoms with van der Waals surface area (Å²) < 4.78 is 0. The van der Waals surface area contributed by atoms with E-state index in [1.54, 1.807) is 0 Å². The number of aryl methyl sites for hydroxylation is 1. The van der Waals surface area contributed by atoms with Gasteiger partial charge in [0.15, 0.2) is 0 Å². The molecule has 1 heterocycles. The van der Waals surface area contributed by atoms with Gasteiger partial charge in [0.2, 0.25) is 0 Å². The predicted octanol–water partition coefficient (Wildman–Crippen LogP) is 2.86. The summed E-state index contributed by atoms with van der Waals surface area (Å²) in [7, 11) is 0. The third-order valence-electron chi connectivity index (χ3n) is 3.77. The van der Waals surface area contributed by atoms with Crippen LogP contribution >= 0.6 is 0 Å². The van der Waals surface area contributed by atoms with E-state index in [2.05, 4.69) is 4.98 Å². The van der Waals surface area contributed by atoms with Gasteiger partial charge in [-0.25, -0.2) is 4.79 Å². The topological polar surface area (TPSA) is 53.1 Å². The largest absolute Gasteiger partial charge is 0.478 e. The minimum absolute atomic E-state index is 0.498. The second-order valence-electron chi connectivity index (χ2n) is 5.01. The van der Waals surface area contributed by atoms with Gasteiger partial charge in [0.1, 0.15) is 0 Å². The maximum absolute atomic E-state index is 11.4. The number of aromatic carboxylic acids is 1. The molecule has 2 aliphatic carbocycles. The SMILES string of the molecule is O=C(O)c1c(C2CC2)[nH]c2c1CCCCC2. The molecule has 1 fully saturated rings. The van der Waals surface area contributed by atoms with Gasteiger partial charge in [0.25, 0.3) is 0 Å². The van der Waals surface area contributed by atoms with E-state index in [9.17, 15) is 9.90 Å². The molecule has 2 aliphatic rings. The first-order valence-electron chi connectivity index (χ1n) is 6.24. The first kappa shape index (κ1) is 9.94. The number of fused-ring (bicyclic) bond motifs is 1. The standard InChI is InChI=1S/C13H17NO2/c15-13(16)11-9-4-2-1-3-5-10(9)14-12(11)8-6-7-8/h8,14H,1-7H2,(H,15,16). The number of hydrogen-bond acceptors (Lipinski definition) is 1. The zero-order valence-electron chi connectivity index (χ0n) is 9.38. The molecule has 0 bridgehead atoms. The van der Waals surface area contributed by atoms with Crippen molar-refractivity contribution >= 4 is 5.97 Å². The summed E-state index contributed by atoms with van der Waals surface area (Å²) >= 11 is 0. The lowest BCUT2D eigenvalue weighted by atomic mass is 10.0. The molecule has 0 unspecified atom stereocenters. The van der Waals surface area contributed by atoms with E-state index in [4.69, 9.17) is 0 Å². The molecule has 3 nitrogen and oxygen atoms in total. The summed E-state index contributed by atoms with van der Waals surface area (Å²) in [5.74, 6) is -0.237. The van der Waals surface area contributed by atoms with Gasteiger partial charge in [-0.3, -0.25) is 0 Å². The van der Waals surface area contributed by atoms with Crippen molar-refractivity contribution in [3.63, 3.8) is 0 Å². The minimum Gasteiger partial charge on any atom is -0.478 e. The van der Waals surface area contributed by atoms with Crippen molar-refractivity contribution in [3.8, 4) is 0 Å². The molecule has 3 rings (SSSR count). The maximum atomic E-state index is 11.4. The van der Waals surface area contributed by atoms with E-state index in [1.165, 1.54) is 18.5 Å². The lowest BCUT2D eigenvalue weighted by molar-refractivity contribution is 0.0694. The molecule has 0 spiro atoms. The molecular formula is C13H17NO2. The number of carboxylic acid groups (broad SMARTS) is 1. The van der Waals surface area contributed by atoms with Gasteiger partial charge in [-0.1, -0.05) is 6.42 Å². The lowest BCUT2D eigenvalue weighted by Crippen LogP contribution is -2.03. The fraction of sp³-hybridized carbons (Fsp3) is 0.615. The van der Waals surface area contributed by atoms with Crippen LogP contribution in [0.15, 0.2) is 0 Å². The van der Waals surface area contributed by atoms with Crippen molar-refractivity contribution < 1.29 is 9.90 Å². The van der Waals surface area contributed by atoms with Gasteiger partial charge in [0, 0.05) is 11.4 Å². The smallest absolute Gasteiger partial charge is 0.337 e. The van der Waals surface area contributed by atoms with Crippen LogP contribution in [-0.4, -0.2) is 16.1 Å². The van der Waals surface area contributed by atoms with E-state index >= 15 is 0 Å². The second-order valence-corrected chi connectivity index (χ2v) is 5.01. The zero-order valence-corrected chi connectivity index (χ0v) is 9.38. The molecule has 86 valence electrons. The summed E-state index contributed by atoms with van der Waals surface area (Å²) in [5.41, 5.74) is 3.93. The van der Waals surface area contributed by atoms with Crippen LogP contribution in [0.3, 0.4) is 0 Å². The van der Waals surface area contributed by atoms with Crippen molar-refractivity contribution in [1.82, 2.24) is 4.98 Å². The van der Waals surface area contributed by atoms with E-state index in [1.807, 2.05) is 0 Å². The molecule has 1 aromatic rings. The summed E-state index contributed by atoms with van der Waals surface area (Å²) in [5, 5.41) is 9.36. The Morgan fingerprint density at radius 2 is 1.94 bits per heavy atom. The number of H-pyrrole nitrogens is 1. The van der Waals surface area contributed by atoms with Crippen LogP contribution in [0.2, 0.25) is 0 Å². The fourth-order valence-electron chi connectivity index (χ4n) is 2.81. The average molecular weight is 219 g/mol. The molecule has 3 heteroatoms. The third kappa shape index (κ3) is 1.55. The van der Waals surface area contributed by atoms with Gasteiger partial charge < -0.3 is 10.1 Å². The van der Waals surface area contributed by atoms with Crippen LogP contribution in [0.25, 0.3) is 0 Å². The normalized spacial score (nSPS) is 20.2. The van der Waals surface area contributed by atoms with Gasteiger partial charge in [-0.2, -0.15) is 0 Å². The number of rotatable bonds is 2. The van der Waals surface area contributed by atoms with Crippen molar-refractivity contribution in [1.29, 1.82) is 0 Å². The highest BCUT2D eigenvalue weighted by molar-refractivity contribution is 5.92. The van der Waals surface area contributed by atoms with E-state index in [0.29, 0.717) is 11.5 Å². The zero-order chi connectivity index (χ0) is 11.1. The van der Waals surface area contributed by atoms with Crippen LogP contribution in [0.5, 0.6) is 0 Å². The first-order chi connectivity index (χ1) is 7.77. The van der Waals surface area contributed by atoms with Crippen molar-refractivity contribution in [2.45, 2.75) is 50.9 Å². The predicted molar refractivity (Wildman–Crippen MR) is 61.0 cm³/mol. The van der Waals surface area contributed by atoms with E-state index in [-0.39, 0.29) is 0 Å². The van der Waals surface area contributed by atoms with Crippen LogP contribution in [-0.2, 0) is 12.8 Å². The van der Waals surface area contributed by atoms with Crippen molar-refractivity contribution in [2.75, 3.05) is 0 Å². The fourth-order valence-corrected chi connectivity index (χ4v) is 2.81. The average Bonchev–Trinajstić information content (AvgIpc) is 3.04. The Balaban J connectivity index is 2.09. The highest BCUT2D eigenvalue weighted by Gasteiger charge is 2.33. The maximum Gasteiger partial charge on any atom is 0.337 e. The molecule has 0 aliphatic heterocycles. The van der Waals surface area contributed by atoms with E-state index in [0.717, 1.165) is 43.4 Å². The second kappa shape index (κ2) is 3.65. The highest BCUT2D eigenvalue weighted by atomic mass is 16.4. The highest BCUT2D eigenvalue weighted by Crippen LogP contribution is 2.43. The molecular weight excluding hydrogens is 202 g/mol. The Labute approximate surface area is 94.9 Å². The van der Waals surface area contributed by atoms with Gasteiger partial charge in [0.05, 0.1) is 5.56 Å². The Morgan fingerprint density at radius 1 is 1.19 bits per heavy atom. The quantitative estimate of drug-likeness (QED) is 0.751. The number of carbonyl (C=O) groups is 1. The van der Waals surface area contributed by atoms with Crippen LogP contribution in [0.1, 0.15) is 65.3 Å². The number of nitrogens with one attached hydrogen (secondary N) is 1. The molecule has 16 heavy (non-hydrogen) atoms. The summed E-state index contributed by atoms with van der Waals surface area (Å²) in [6, 6.07) is 0. The number of aromatic nitrogens is 1. The molecule has 1 aromatic heterocycles. The monoisotopic (exact) mass is 219 g/mol. The van der Waals surface area contributed by atoms with Crippen LogP contribution < -0.4 is 0 Å². The van der Waals surface area contributed by atoms with Crippen molar-refractivity contribution in [2.24, 2.45) is 0 Å². The van der Waals surface area contributed by atoms with Gasteiger partial charge in [-0.15, -0.1) is 0 Å². The number of aromatic amines is 1. The molecule has 0 amide bonds. The van der Waals surface area contributed by atoms with Gasteiger partial charge in [-0.05, 0) is 50.0 Å². The molecule has 0 radical (unpaired) electrons. The molecule has 2 N–H and O–H groups in total. The Kier molecular flexibility index (Phi) is 2.27. The first-order valence-corrected chi connectivity index (χ1v) is 6.24. The molecule has 1 saturated carbocycles. The Bertz CT molecular complexity index is 429. The summed E-state index contributed by atoms with van der Waals surface area (Å²) in [6.45, 7) is 0. The Hall–Kier alpha value is -1.25. The summed E-state index contributed by atoms with van der Waals surface area (Å²) in [6.07, 6.45) is 7.83. The van der Waals surface area contributed by atoms with Gasteiger partial charge >= 0.3 is 5.97 Å². The molecule has 0 atom stereocenters. The van der Waals surface area contributed by atoms with E-state index < -0.39 is 5.97 Å². The Morgan fingerprint density at radius 3 is 2.62 bits per heavy atom. The lowest BCUT2D eigenvalue weighted by Gasteiger charge is -2.01. The number of carboxylic acids is 1. The molecule has 0 saturated heterocycles. The molecule has 0 aromatic carbocycles. The number of hydrogen-bond donors (Lipinski definition) is 2. The van der Waals surface area contributed by atoms with Crippen LogP contribution in [0.4, 0.5) is 0 Å².